The molecule has 1 amide bonds. The van der Waals surface area contributed by atoms with Gasteiger partial charge in [0.05, 0.1) is 11.2 Å². The maximum Gasteiger partial charge on any atom is 0.225 e. The number of carbonyl (C=O) groups is 1. The molecule has 5 nitrogen and oxygen atoms in total. The van der Waals surface area contributed by atoms with Crippen molar-refractivity contribution in [1.29, 1.82) is 0 Å². The lowest BCUT2D eigenvalue weighted by Crippen LogP contribution is -2.38. The van der Waals surface area contributed by atoms with Crippen LogP contribution in [0, 0.1) is 5.41 Å². The van der Waals surface area contributed by atoms with Gasteiger partial charge in [-0.2, -0.15) is 0 Å². The summed E-state index contributed by atoms with van der Waals surface area (Å²) in [7, 11) is -3.72. The molecule has 2 rings (SSSR count). The number of benzene rings is 1. The van der Waals surface area contributed by atoms with Crippen LogP contribution in [0.5, 0.6) is 0 Å². The normalized spacial score (nSPS) is 13.6. The Hall–Kier alpha value is -2.08. The van der Waals surface area contributed by atoms with Gasteiger partial charge in [-0.25, -0.2) is 8.42 Å². The Labute approximate surface area is 155 Å². The van der Waals surface area contributed by atoms with E-state index in [4.69, 9.17) is 4.42 Å². The summed E-state index contributed by atoms with van der Waals surface area (Å²) in [5.41, 5.74) is 0.468. The number of carbonyl (C=O) groups excluding carboxylic acids is 1. The van der Waals surface area contributed by atoms with Crippen molar-refractivity contribution in [1.82, 2.24) is 5.32 Å². The van der Waals surface area contributed by atoms with Crippen LogP contribution >= 0.6 is 0 Å². The van der Waals surface area contributed by atoms with Gasteiger partial charge in [0, 0.05) is 12.0 Å². The fraction of sp³-hybridized carbons (Fsp3) is 0.450. The van der Waals surface area contributed by atoms with E-state index in [1.165, 1.54) is 6.26 Å². The lowest BCUT2D eigenvalue weighted by atomic mass is 9.96. The van der Waals surface area contributed by atoms with Crippen molar-refractivity contribution >= 4 is 15.7 Å². The third-order valence-electron chi connectivity index (χ3n) is 4.24. The van der Waals surface area contributed by atoms with E-state index >= 15 is 0 Å². The Balaban J connectivity index is 2.33. The summed E-state index contributed by atoms with van der Waals surface area (Å²) >= 11 is 0. The standard InChI is InChI=1S/C20H27NO4S/c1-14(2)15-8-10-16(11-9-15)26(23,24)18(17-7-6-12-25-17)13-21-19(22)20(3,4)5/h6-12,14,18H,13H2,1-5H3,(H,21,22)/t18-/m0/s1. The molecule has 0 saturated carbocycles. The van der Waals surface area contributed by atoms with Crippen molar-refractivity contribution in [2.75, 3.05) is 6.54 Å². The van der Waals surface area contributed by atoms with E-state index in [0.717, 1.165) is 5.56 Å². The van der Waals surface area contributed by atoms with Crippen LogP contribution in [0.2, 0.25) is 0 Å². The van der Waals surface area contributed by atoms with Crippen LogP contribution in [-0.2, 0) is 14.6 Å². The Bertz CT molecular complexity index is 829. The molecule has 0 saturated heterocycles. The Kier molecular flexibility index (Phi) is 5.96. The number of amides is 1. The minimum Gasteiger partial charge on any atom is -0.468 e. The van der Waals surface area contributed by atoms with Crippen LogP contribution in [0.15, 0.2) is 52.0 Å². The van der Waals surface area contributed by atoms with E-state index in [9.17, 15) is 13.2 Å². The molecule has 0 fully saturated rings. The minimum atomic E-state index is -3.72. The van der Waals surface area contributed by atoms with E-state index in [0.29, 0.717) is 11.7 Å². The van der Waals surface area contributed by atoms with Crippen LogP contribution in [0.1, 0.15) is 57.1 Å². The van der Waals surface area contributed by atoms with Crippen LogP contribution in [0.4, 0.5) is 0 Å². The monoisotopic (exact) mass is 377 g/mol. The highest BCUT2D eigenvalue weighted by Gasteiger charge is 2.33. The fourth-order valence-electron chi connectivity index (χ4n) is 2.49. The van der Waals surface area contributed by atoms with Crippen LogP contribution in [-0.4, -0.2) is 20.9 Å². The Morgan fingerprint density at radius 2 is 1.73 bits per heavy atom. The fourth-order valence-corrected chi connectivity index (χ4v) is 4.08. The predicted octanol–water partition coefficient (Wildman–Crippen LogP) is 4.08. The van der Waals surface area contributed by atoms with E-state index in [1.807, 2.05) is 12.1 Å². The van der Waals surface area contributed by atoms with Gasteiger partial charge in [-0.15, -0.1) is 0 Å². The van der Waals surface area contributed by atoms with Crippen molar-refractivity contribution in [3.05, 3.63) is 54.0 Å². The first kappa shape index (κ1) is 20.2. The summed E-state index contributed by atoms with van der Waals surface area (Å²) in [5.74, 6) is 0.422. The maximum absolute atomic E-state index is 13.2. The smallest absolute Gasteiger partial charge is 0.225 e. The zero-order valence-corrected chi connectivity index (χ0v) is 16.8. The average Bonchev–Trinajstić information content (AvgIpc) is 3.08. The molecule has 0 aliphatic rings. The molecule has 26 heavy (non-hydrogen) atoms. The number of nitrogens with one attached hydrogen (secondary N) is 1. The van der Waals surface area contributed by atoms with E-state index in [2.05, 4.69) is 19.2 Å². The molecule has 1 N–H and O–H groups in total. The Morgan fingerprint density at radius 3 is 2.19 bits per heavy atom. The second-order valence-corrected chi connectivity index (χ2v) is 9.86. The van der Waals surface area contributed by atoms with Crippen LogP contribution in [0.25, 0.3) is 0 Å². The van der Waals surface area contributed by atoms with Gasteiger partial charge in [-0.05, 0) is 35.7 Å². The molecule has 1 aromatic heterocycles. The predicted molar refractivity (Wildman–Crippen MR) is 102 cm³/mol. The van der Waals surface area contributed by atoms with Gasteiger partial charge in [-0.3, -0.25) is 4.79 Å². The van der Waals surface area contributed by atoms with Crippen molar-refractivity contribution in [2.24, 2.45) is 5.41 Å². The highest BCUT2D eigenvalue weighted by molar-refractivity contribution is 7.91. The van der Waals surface area contributed by atoms with Crippen LogP contribution < -0.4 is 5.32 Å². The van der Waals surface area contributed by atoms with Gasteiger partial charge in [0.2, 0.25) is 5.91 Å². The van der Waals surface area contributed by atoms with Crippen molar-refractivity contribution < 1.29 is 17.6 Å². The first-order chi connectivity index (χ1) is 12.0. The molecule has 0 aliphatic carbocycles. The zero-order valence-electron chi connectivity index (χ0n) is 15.9. The van der Waals surface area contributed by atoms with Gasteiger partial charge >= 0.3 is 0 Å². The third kappa shape index (κ3) is 4.55. The Morgan fingerprint density at radius 1 is 1.12 bits per heavy atom. The largest absolute Gasteiger partial charge is 0.468 e. The molecule has 142 valence electrons. The minimum absolute atomic E-state index is 0.0438. The summed E-state index contributed by atoms with van der Waals surface area (Å²) < 4.78 is 31.7. The van der Waals surface area contributed by atoms with Gasteiger partial charge in [-0.1, -0.05) is 46.8 Å². The molecule has 6 heteroatoms. The SMILES string of the molecule is CC(C)c1ccc(S(=O)(=O)[C@@H](CNC(=O)C(C)(C)C)c2ccco2)cc1. The second-order valence-electron chi connectivity index (χ2n) is 7.73. The van der Waals surface area contributed by atoms with Crippen molar-refractivity contribution in [3.8, 4) is 0 Å². The molecule has 1 aromatic carbocycles. The first-order valence-corrected chi connectivity index (χ1v) is 10.2. The first-order valence-electron chi connectivity index (χ1n) is 8.69. The highest BCUT2D eigenvalue weighted by Crippen LogP contribution is 2.30. The summed E-state index contributed by atoms with van der Waals surface area (Å²) in [6, 6.07) is 10.1. The molecule has 1 atom stereocenters. The summed E-state index contributed by atoms with van der Waals surface area (Å²) in [6.07, 6.45) is 1.44. The second kappa shape index (κ2) is 7.66. The average molecular weight is 378 g/mol. The van der Waals surface area contributed by atoms with Crippen LogP contribution in [0.3, 0.4) is 0 Å². The maximum atomic E-state index is 13.2. The highest BCUT2D eigenvalue weighted by atomic mass is 32.2. The van der Waals surface area contributed by atoms with E-state index < -0.39 is 20.5 Å². The lowest BCUT2D eigenvalue weighted by molar-refractivity contribution is -0.128. The zero-order chi connectivity index (χ0) is 19.5. The molecular formula is C20H27NO4S. The van der Waals surface area contributed by atoms with Gasteiger partial charge in [0.1, 0.15) is 11.0 Å². The number of furan rings is 1. The molecule has 0 radical (unpaired) electrons. The van der Waals surface area contributed by atoms with E-state index in [-0.39, 0.29) is 17.3 Å². The van der Waals surface area contributed by atoms with E-state index in [1.54, 1.807) is 45.0 Å². The van der Waals surface area contributed by atoms with Gasteiger partial charge < -0.3 is 9.73 Å². The third-order valence-corrected chi connectivity index (χ3v) is 6.32. The molecule has 1 heterocycles. The topological polar surface area (TPSA) is 76.4 Å². The summed E-state index contributed by atoms with van der Waals surface area (Å²) in [4.78, 5) is 12.4. The molecule has 0 spiro atoms. The molecule has 0 bridgehead atoms. The molecular weight excluding hydrogens is 350 g/mol. The summed E-state index contributed by atoms with van der Waals surface area (Å²) in [6.45, 7) is 9.41. The quantitative estimate of drug-likeness (QED) is 0.823. The van der Waals surface area contributed by atoms with Gasteiger partial charge in [0.15, 0.2) is 9.84 Å². The number of rotatable bonds is 6. The van der Waals surface area contributed by atoms with Crippen molar-refractivity contribution in [3.63, 3.8) is 0 Å². The molecule has 0 unspecified atom stereocenters. The van der Waals surface area contributed by atoms with Gasteiger partial charge in [0.25, 0.3) is 0 Å². The molecule has 2 aromatic rings. The number of hydrogen-bond acceptors (Lipinski definition) is 4. The number of hydrogen-bond donors (Lipinski definition) is 1. The van der Waals surface area contributed by atoms with Crippen molar-refractivity contribution in [2.45, 2.75) is 50.7 Å². The lowest BCUT2D eigenvalue weighted by Gasteiger charge is -2.21. The molecule has 0 aliphatic heterocycles. The number of sulfone groups is 1. The summed E-state index contributed by atoms with van der Waals surface area (Å²) in [5, 5.41) is 1.76.